The van der Waals surface area contributed by atoms with Gasteiger partial charge in [0.25, 0.3) is 0 Å². The van der Waals surface area contributed by atoms with E-state index in [1.165, 1.54) is 4.90 Å². The highest BCUT2D eigenvalue weighted by Crippen LogP contribution is 2.40. The van der Waals surface area contributed by atoms with Crippen molar-refractivity contribution < 1.29 is 18.3 Å². The van der Waals surface area contributed by atoms with Gasteiger partial charge in [0, 0.05) is 6.54 Å². The number of aliphatic hydroxyl groups excluding tert-OH is 1. The van der Waals surface area contributed by atoms with Crippen LogP contribution in [0.15, 0.2) is 0 Å². The van der Waals surface area contributed by atoms with E-state index in [9.17, 15) is 18.3 Å². The first-order valence-corrected chi connectivity index (χ1v) is 7.02. The molecule has 0 aliphatic heterocycles. The molecule has 1 fully saturated rings. The van der Waals surface area contributed by atoms with Gasteiger partial charge in [-0.05, 0) is 38.3 Å². The van der Waals surface area contributed by atoms with E-state index >= 15 is 0 Å². The molecule has 2 N–H and O–H groups in total. The second kappa shape index (κ2) is 6.90. The Balaban J connectivity index is 2.68. The molecular weight excluding hydrogens is 257 g/mol. The van der Waals surface area contributed by atoms with Gasteiger partial charge in [-0.15, -0.1) is 0 Å². The monoisotopic (exact) mass is 282 g/mol. The second-order valence-corrected chi connectivity index (χ2v) is 5.43. The van der Waals surface area contributed by atoms with E-state index in [0.717, 1.165) is 25.8 Å². The molecule has 0 saturated heterocycles. The predicted octanol–water partition coefficient (Wildman–Crippen LogP) is 2.01. The first-order valence-electron chi connectivity index (χ1n) is 7.02. The molecule has 0 bridgehead atoms. The van der Waals surface area contributed by atoms with Gasteiger partial charge in [0.1, 0.15) is 0 Å². The summed E-state index contributed by atoms with van der Waals surface area (Å²) in [5, 5.41) is 13.0. The third kappa shape index (κ3) is 5.28. The fourth-order valence-corrected chi connectivity index (χ4v) is 2.51. The van der Waals surface area contributed by atoms with Crippen molar-refractivity contribution in [3.05, 3.63) is 0 Å². The maximum absolute atomic E-state index is 12.5. The fraction of sp³-hybridized carbons (Fsp3) is 1.00. The Hall–Kier alpha value is -0.330. The summed E-state index contributed by atoms with van der Waals surface area (Å²) in [5.41, 5.74) is -0.572. The molecule has 1 saturated carbocycles. The van der Waals surface area contributed by atoms with Crippen molar-refractivity contribution in [2.75, 3.05) is 32.8 Å². The van der Waals surface area contributed by atoms with Gasteiger partial charge in [-0.1, -0.05) is 13.8 Å². The zero-order valence-corrected chi connectivity index (χ0v) is 11.8. The molecule has 19 heavy (non-hydrogen) atoms. The minimum absolute atomic E-state index is 0.105. The average Bonchev–Trinajstić information content (AvgIpc) is 3.16. The zero-order valence-electron chi connectivity index (χ0n) is 11.8. The lowest BCUT2D eigenvalue weighted by Crippen LogP contribution is -2.59. The van der Waals surface area contributed by atoms with Crippen molar-refractivity contribution in [3.63, 3.8) is 0 Å². The van der Waals surface area contributed by atoms with Crippen LogP contribution in [-0.4, -0.2) is 54.5 Å². The number of hydrogen-bond donors (Lipinski definition) is 2. The number of rotatable bonds is 9. The molecule has 1 rings (SSSR count). The highest BCUT2D eigenvalue weighted by Gasteiger charge is 2.46. The number of alkyl halides is 3. The topological polar surface area (TPSA) is 35.5 Å². The van der Waals surface area contributed by atoms with Gasteiger partial charge < -0.3 is 10.4 Å². The van der Waals surface area contributed by atoms with Crippen LogP contribution in [0.1, 0.15) is 33.1 Å². The summed E-state index contributed by atoms with van der Waals surface area (Å²) in [5.74, 6) is 0.298. The van der Waals surface area contributed by atoms with Crippen molar-refractivity contribution in [1.82, 2.24) is 10.2 Å². The van der Waals surface area contributed by atoms with Gasteiger partial charge >= 0.3 is 6.18 Å². The van der Waals surface area contributed by atoms with Gasteiger partial charge in [0.05, 0.1) is 18.7 Å². The molecule has 0 aromatic carbocycles. The number of nitrogens with zero attached hydrogens (tertiary/aromatic N) is 1. The Kier molecular flexibility index (Phi) is 6.08. The number of aliphatic hydroxyl groups is 1. The molecule has 1 aliphatic rings. The standard InChI is InChI=1S/C13H25F3N2O/c1-3-7-17-12(10-19,11-5-6-11)8-18(4-2)9-13(14,15)16/h11,17,19H,3-10H2,1-2H3. The van der Waals surface area contributed by atoms with Gasteiger partial charge in [0.2, 0.25) is 0 Å². The molecule has 1 aliphatic carbocycles. The van der Waals surface area contributed by atoms with Crippen LogP contribution >= 0.6 is 0 Å². The molecule has 0 radical (unpaired) electrons. The molecule has 0 amide bonds. The van der Waals surface area contributed by atoms with Crippen LogP contribution in [-0.2, 0) is 0 Å². The van der Waals surface area contributed by atoms with E-state index in [1.807, 2.05) is 6.92 Å². The normalized spacial score (nSPS) is 19.7. The Morgan fingerprint density at radius 1 is 1.21 bits per heavy atom. The molecular formula is C13H25F3N2O. The van der Waals surface area contributed by atoms with Crippen LogP contribution in [0.5, 0.6) is 0 Å². The Bertz CT molecular complexity index is 269. The second-order valence-electron chi connectivity index (χ2n) is 5.43. The van der Waals surface area contributed by atoms with E-state index in [1.54, 1.807) is 6.92 Å². The summed E-state index contributed by atoms with van der Waals surface area (Å²) >= 11 is 0. The van der Waals surface area contributed by atoms with Gasteiger partial charge in [-0.2, -0.15) is 13.2 Å². The van der Waals surface area contributed by atoms with E-state index in [4.69, 9.17) is 0 Å². The van der Waals surface area contributed by atoms with Crippen molar-refractivity contribution >= 4 is 0 Å². The summed E-state index contributed by atoms with van der Waals surface area (Å²) in [6, 6.07) is 0. The lowest BCUT2D eigenvalue weighted by molar-refractivity contribution is -0.148. The summed E-state index contributed by atoms with van der Waals surface area (Å²) in [4.78, 5) is 1.37. The van der Waals surface area contributed by atoms with Crippen molar-refractivity contribution in [1.29, 1.82) is 0 Å². The maximum Gasteiger partial charge on any atom is 0.401 e. The summed E-state index contributed by atoms with van der Waals surface area (Å²) in [6.07, 6.45) is -1.31. The summed E-state index contributed by atoms with van der Waals surface area (Å²) in [7, 11) is 0. The Morgan fingerprint density at radius 3 is 2.21 bits per heavy atom. The van der Waals surface area contributed by atoms with Crippen molar-refractivity contribution in [2.45, 2.75) is 44.8 Å². The van der Waals surface area contributed by atoms with Gasteiger partial charge in [-0.25, -0.2) is 0 Å². The highest BCUT2D eigenvalue weighted by molar-refractivity contribution is 5.02. The number of halogens is 3. The quantitative estimate of drug-likeness (QED) is 0.679. The SMILES string of the molecule is CCCNC(CO)(CN(CC)CC(F)(F)F)C1CC1. The third-order valence-electron chi connectivity index (χ3n) is 3.72. The van der Waals surface area contributed by atoms with Gasteiger partial charge in [0.15, 0.2) is 0 Å². The van der Waals surface area contributed by atoms with E-state index < -0.39 is 18.3 Å². The van der Waals surface area contributed by atoms with Gasteiger partial charge in [-0.3, -0.25) is 4.90 Å². The molecule has 0 aromatic heterocycles. The first kappa shape index (κ1) is 16.7. The van der Waals surface area contributed by atoms with E-state index in [2.05, 4.69) is 5.32 Å². The molecule has 3 nitrogen and oxygen atoms in total. The molecule has 0 spiro atoms. The number of hydrogen-bond acceptors (Lipinski definition) is 3. The zero-order chi connectivity index (χ0) is 14.5. The largest absolute Gasteiger partial charge is 0.401 e. The Labute approximate surface area is 113 Å². The number of nitrogens with one attached hydrogen (secondary N) is 1. The fourth-order valence-electron chi connectivity index (χ4n) is 2.51. The van der Waals surface area contributed by atoms with Crippen LogP contribution in [0.25, 0.3) is 0 Å². The van der Waals surface area contributed by atoms with E-state index in [-0.39, 0.29) is 13.2 Å². The summed E-state index contributed by atoms with van der Waals surface area (Å²) in [6.45, 7) is 4.03. The smallest absolute Gasteiger partial charge is 0.394 e. The first-order chi connectivity index (χ1) is 8.87. The molecule has 1 unspecified atom stereocenters. The molecule has 6 heteroatoms. The maximum atomic E-state index is 12.5. The number of likely N-dealkylation sites (N-methyl/N-ethyl adjacent to an activating group) is 1. The van der Waals surface area contributed by atoms with Crippen molar-refractivity contribution in [3.8, 4) is 0 Å². The minimum atomic E-state index is -4.19. The molecule has 114 valence electrons. The van der Waals surface area contributed by atoms with E-state index in [0.29, 0.717) is 12.5 Å². The Morgan fingerprint density at radius 2 is 1.84 bits per heavy atom. The predicted molar refractivity (Wildman–Crippen MR) is 69.0 cm³/mol. The highest BCUT2D eigenvalue weighted by atomic mass is 19.4. The van der Waals surface area contributed by atoms with Crippen LogP contribution in [0.4, 0.5) is 13.2 Å². The van der Waals surface area contributed by atoms with Crippen LogP contribution < -0.4 is 5.32 Å². The molecule has 1 atom stereocenters. The minimum Gasteiger partial charge on any atom is -0.394 e. The summed E-state index contributed by atoms with van der Waals surface area (Å²) < 4.78 is 37.5. The van der Waals surface area contributed by atoms with Crippen molar-refractivity contribution in [2.24, 2.45) is 5.92 Å². The average molecular weight is 282 g/mol. The molecule has 0 heterocycles. The lowest BCUT2D eigenvalue weighted by Gasteiger charge is -2.38. The third-order valence-corrected chi connectivity index (χ3v) is 3.72. The van der Waals surface area contributed by atoms with Crippen LogP contribution in [0, 0.1) is 5.92 Å². The lowest BCUT2D eigenvalue weighted by atomic mass is 9.93. The van der Waals surface area contributed by atoms with Crippen LogP contribution in [0.2, 0.25) is 0 Å². The van der Waals surface area contributed by atoms with Crippen LogP contribution in [0.3, 0.4) is 0 Å². The molecule has 0 aromatic rings.